The van der Waals surface area contributed by atoms with Gasteiger partial charge in [0.05, 0.1) is 0 Å². The summed E-state index contributed by atoms with van der Waals surface area (Å²) in [4.78, 5) is 0. The minimum absolute atomic E-state index is 0.0310. The second-order valence-electron chi connectivity index (χ2n) is 14.0. The topological polar surface area (TPSA) is 0 Å². The lowest BCUT2D eigenvalue weighted by Crippen LogP contribution is -2.21. The summed E-state index contributed by atoms with van der Waals surface area (Å²) in [5.41, 5.74) is 19.1. The third-order valence-corrected chi connectivity index (χ3v) is 10.7. The van der Waals surface area contributed by atoms with Crippen LogP contribution in [0.1, 0.15) is 86.4 Å². The largest absolute Gasteiger partial charge is 0.106 e. The maximum atomic E-state index is 3.00. The van der Waals surface area contributed by atoms with E-state index in [9.17, 15) is 0 Å². The van der Waals surface area contributed by atoms with Crippen LogP contribution in [0.4, 0.5) is 0 Å². The normalized spacial score (nSPS) is 18.4. The summed E-state index contributed by atoms with van der Waals surface area (Å²) in [5.74, 6) is 0.506. The molecule has 0 heteroatoms. The molecule has 0 fully saturated rings. The molecule has 1 atom stereocenters. The van der Waals surface area contributed by atoms with Gasteiger partial charge in [0.2, 0.25) is 0 Å². The van der Waals surface area contributed by atoms with E-state index in [2.05, 4.69) is 192 Å². The molecule has 0 N–H and O–H groups in total. The molecule has 8 rings (SSSR count). The fourth-order valence-corrected chi connectivity index (χ4v) is 8.15. The summed E-state index contributed by atoms with van der Waals surface area (Å²) < 4.78 is 0. The zero-order valence-electron chi connectivity index (χ0n) is 31.6. The van der Waals surface area contributed by atoms with E-state index >= 15 is 0 Å². The lowest BCUT2D eigenvalue weighted by atomic mass is 9.73. The zero-order chi connectivity index (χ0) is 36.7. The van der Waals surface area contributed by atoms with Gasteiger partial charge >= 0.3 is 0 Å². The van der Waals surface area contributed by atoms with Gasteiger partial charge in [0.15, 0.2) is 0 Å². The van der Waals surface area contributed by atoms with Crippen LogP contribution in [0.5, 0.6) is 0 Å². The molecule has 0 aromatic heterocycles. The van der Waals surface area contributed by atoms with Crippen LogP contribution in [0, 0.1) is 5.92 Å². The lowest BCUT2D eigenvalue weighted by Gasteiger charge is -2.30. The van der Waals surface area contributed by atoms with Crippen molar-refractivity contribution in [3.8, 4) is 11.1 Å². The van der Waals surface area contributed by atoms with Crippen molar-refractivity contribution >= 4 is 17.2 Å². The Morgan fingerprint density at radius 1 is 0.808 bits per heavy atom. The molecule has 1 unspecified atom stereocenters. The fraction of sp³-hybridized carbons (Fsp3) is 0.192. The summed E-state index contributed by atoms with van der Waals surface area (Å²) in [6.45, 7) is 16.9. The summed E-state index contributed by atoms with van der Waals surface area (Å²) in [7, 11) is 0. The smallest absolute Gasteiger partial charge is 0.0121 e. The van der Waals surface area contributed by atoms with E-state index in [0.29, 0.717) is 5.92 Å². The highest BCUT2D eigenvalue weighted by Gasteiger charge is 2.40. The molecule has 0 saturated carbocycles. The first kappa shape index (κ1) is 36.3. The van der Waals surface area contributed by atoms with Crippen LogP contribution in [0.15, 0.2) is 182 Å². The molecule has 0 heterocycles. The summed E-state index contributed by atoms with van der Waals surface area (Å²) >= 11 is 0. The Morgan fingerprint density at radius 2 is 1.58 bits per heavy atom. The van der Waals surface area contributed by atoms with E-state index < -0.39 is 0 Å². The second kappa shape index (κ2) is 16.3. The van der Waals surface area contributed by atoms with Gasteiger partial charge < -0.3 is 0 Å². The average Bonchev–Trinajstić information content (AvgIpc) is 3.42. The van der Waals surface area contributed by atoms with E-state index in [0.717, 1.165) is 19.3 Å². The SMILES string of the molecule is C/C=C/c1cccc(/C(=C2\C=CC=CC2)c2ccccc2Cc2ccc(-c3ccc4c(c3)C(C)(C)C3=C4C=C4C=CC=CC4C3)cc2)c1.C=C.CC. The van der Waals surface area contributed by atoms with Gasteiger partial charge in [0.1, 0.15) is 0 Å². The Morgan fingerprint density at radius 3 is 2.35 bits per heavy atom. The standard InChI is InChI=1S/C48H42.C2H6.C2H4/c1-4-13-33-14-12-20-41(29-33)47(36-15-6-5-7-16-36)42-21-11-10-19-40(42)28-34-22-24-35(25-23-34)39-26-27-43-44-30-37-17-8-9-18-38(37)31-46(44)48(2,3)45(43)32-39;2*1-2/h4-15,17-27,29-30,32,38H,16,28,31H2,1-3H3;1-2H3;1-2H2/b13-4+,47-36-;;. The van der Waals surface area contributed by atoms with Gasteiger partial charge in [-0.1, -0.05) is 179 Å². The van der Waals surface area contributed by atoms with Crippen LogP contribution in [0.2, 0.25) is 0 Å². The molecule has 0 spiro atoms. The van der Waals surface area contributed by atoms with Crippen molar-refractivity contribution in [3.05, 3.63) is 221 Å². The number of rotatable bonds is 6. The molecule has 4 aliphatic rings. The molecule has 0 nitrogen and oxygen atoms in total. The van der Waals surface area contributed by atoms with Crippen LogP contribution < -0.4 is 0 Å². The predicted molar refractivity (Wildman–Crippen MR) is 228 cm³/mol. The highest BCUT2D eigenvalue weighted by Crippen LogP contribution is 2.53. The highest BCUT2D eigenvalue weighted by molar-refractivity contribution is 5.90. The Labute approximate surface area is 313 Å². The number of fused-ring (bicyclic) bond motifs is 3. The molecular weight excluding hydrogens is 625 g/mol. The summed E-state index contributed by atoms with van der Waals surface area (Å²) in [6.07, 6.45) is 27.6. The molecular formula is C52H52. The molecule has 0 radical (unpaired) electrons. The molecule has 0 aliphatic heterocycles. The van der Waals surface area contributed by atoms with Gasteiger partial charge in [0, 0.05) is 11.3 Å². The van der Waals surface area contributed by atoms with Gasteiger partial charge in [0.25, 0.3) is 0 Å². The number of benzene rings is 4. The van der Waals surface area contributed by atoms with Gasteiger partial charge in [-0.25, -0.2) is 0 Å². The van der Waals surface area contributed by atoms with Crippen LogP contribution in [0.25, 0.3) is 28.3 Å². The number of hydrogen-bond donors (Lipinski definition) is 0. The van der Waals surface area contributed by atoms with E-state index in [1.54, 1.807) is 5.57 Å². The van der Waals surface area contributed by atoms with Crippen LogP contribution in [-0.4, -0.2) is 0 Å². The zero-order valence-corrected chi connectivity index (χ0v) is 31.6. The third-order valence-electron chi connectivity index (χ3n) is 10.7. The molecule has 0 saturated heterocycles. The van der Waals surface area contributed by atoms with Gasteiger partial charge in [-0.05, 0) is 111 Å². The third kappa shape index (κ3) is 7.17. The summed E-state index contributed by atoms with van der Waals surface area (Å²) in [6, 6.07) is 34.3. The first-order valence-electron chi connectivity index (χ1n) is 18.9. The maximum absolute atomic E-state index is 3.00. The minimum Gasteiger partial charge on any atom is -0.106 e. The Bertz CT molecular complexity index is 2180. The number of allylic oxidation sites excluding steroid dienone is 14. The monoisotopic (exact) mass is 676 g/mol. The van der Waals surface area contributed by atoms with Crippen molar-refractivity contribution in [2.75, 3.05) is 0 Å². The van der Waals surface area contributed by atoms with Gasteiger partial charge in [-0.15, -0.1) is 13.2 Å². The summed E-state index contributed by atoms with van der Waals surface area (Å²) in [5, 5.41) is 0. The van der Waals surface area contributed by atoms with E-state index in [1.807, 2.05) is 13.8 Å². The first-order chi connectivity index (χ1) is 25.5. The van der Waals surface area contributed by atoms with Gasteiger partial charge in [-0.3, -0.25) is 0 Å². The van der Waals surface area contributed by atoms with Crippen LogP contribution in [-0.2, 0) is 11.8 Å². The van der Waals surface area contributed by atoms with Crippen molar-refractivity contribution in [3.63, 3.8) is 0 Å². The maximum Gasteiger partial charge on any atom is 0.0121 e. The van der Waals surface area contributed by atoms with Gasteiger partial charge in [-0.2, -0.15) is 0 Å². The Balaban J connectivity index is 0.00000112. The molecule has 4 aromatic carbocycles. The van der Waals surface area contributed by atoms with Crippen molar-refractivity contribution in [1.82, 2.24) is 0 Å². The minimum atomic E-state index is 0.0310. The molecule has 4 aromatic rings. The van der Waals surface area contributed by atoms with E-state index in [4.69, 9.17) is 0 Å². The predicted octanol–water partition coefficient (Wildman–Crippen LogP) is 14.2. The number of hydrogen-bond acceptors (Lipinski definition) is 0. The first-order valence-corrected chi connectivity index (χ1v) is 18.9. The van der Waals surface area contributed by atoms with Crippen molar-refractivity contribution in [2.24, 2.45) is 5.92 Å². The van der Waals surface area contributed by atoms with Crippen molar-refractivity contribution < 1.29 is 0 Å². The van der Waals surface area contributed by atoms with E-state index in [1.165, 1.54) is 72.4 Å². The van der Waals surface area contributed by atoms with Crippen LogP contribution in [0.3, 0.4) is 0 Å². The van der Waals surface area contributed by atoms with Crippen molar-refractivity contribution in [2.45, 2.75) is 59.3 Å². The molecule has 4 aliphatic carbocycles. The second-order valence-corrected chi connectivity index (χ2v) is 14.0. The molecule has 52 heavy (non-hydrogen) atoms. The molecule has 260 valence electrons. The van der Waals surface area contributed by atoms with E-state index in [-0.39, 0.29) is 5.41 Å². The Kier molecular flexibility index (Phi) is 11.4. The highest BCUT2D eigenvalue weighted by atomic mass is 14.4. The quantitative estimate of drug-likeness (QED) is 0.178. The Hall–Kier alpha value is -5.46. The molecule has 0 amide bonds. The van der Waals surface area contributed by atoms with Crippen LogP contribution >= 0.6 is 0 Å². The fourth-order valence-electron chi connectivity index (χ4n) is 8.15. The average molecular weight is 677 g/mol. The molecule has 0 bridgehead atoms. The lowest BCUT2D eigenvalue weighted by molar-refractivity contribution is 0.576. The van der Waals surface area contributed by atoms with Crippen molar-refractivity contribution in [1.29, 1.82) is 0 Å².